The lowest BCUT2D eigenvalue weighted by Gasteiger charge is -2.25. The quantitative estimate of drug-likeness (QED) is 0.505. The van der Waals surface area contributed by atoms with Crippen LogP contribution in [0.5, 0.6) is 0 Å². The molecule has 1 aliphatic carbocycles. The van der Waals surface area contributed by atoms with Gasteiger partial charge in [-0.3, -0.25) is 24.6 Å². The first kappa shape index (κ1) is 22.5. The average Bonchev–Trinajstić information content (AvgIpc) is 3.31. The number of nitrogens with zero attached hydrogens (tertiary/aromatic N) is 1. The maximum atomic E-state index is 12.7. The summed E-state index contributed by atoms with van der Waals surface area (Å²) in [6.07, 6.45) is 3.99. The Morgan fingerprint density at radius 1 is 1.06 bits per heavy atom. The largest absolute Gasteiger partial charge is 0.454 e. The molecule has 2 aliphatic rings. The van der Waals surface area contributed by atoms with Gasteiger partial charge in [0, 0.05) is 6.04 Å². The molecule has 9 heteroatoms. The zero-order chi connectivity index (χ0) is 22.5. The van der Waals surface area contributed by atoms with Crippen LogP contribution < -0.4 is 10.6 Å². The van der Waals surface area contributed by atoms with Crippen molar-refractivity contribution >= 4 is 29.7 Å². The first-order valence-corrected chi connectivity index (χ1v) is 10.5. The van der Waals surface area contributed by atoms with Gasteiger partial charge in [-0.2, -0.15) is 0 Å². The van der Waals surface area contributed by atoms with Crippen molar-refractivity contribution in [2.75, 3.05) is 6.61 Å². The molecule has 1 aliphatic heterocycles. The normalized spacial score (nSPS) is 16.9. The van der Waals surface area contributed by atoms with Crippen LogP contribution >= 0.6 is 0 Å². The van der Waals surface area contributed by atoms with Crippen molar-refractivity contribution in [1.82, 2.24) is 15.5 Å². The summed E-state index contributed by atoms with van der Waals surface area (Å²) >= 11 is 0. The number of carbonyl (C=O) groups excluding carboxylic acids is 5. The zero-order valence-electron chi connectivity index (χ0n) is 17.7. The number of esters is 1. The van der Waals surface area contributed by atoms with Gasteiger partial charge in [0.05, 0.1) is 11.1 Å². The van der Waals surface area contributed by atoms with Crippen molar-refractivity contribution in [3.63, 3.8) is 0 Å². The van der Waals surface area contributed by atoms with Crippen molar-refractivity contribution in [3.8, 4) is 0 Å². The van der Waals surface area contributed by atoms with Gasteiger partial charge >= 0.3 is 12.0 Å². The van der Waals surface area contributed by atoms with Crippen LogP contribution in [0.25, 0.3) is 0 Å². The highest BCUT2D eigenvalue weighted by Crippen LogP contribution is 2.27. The van der Waals surface area contributed by atoms with E-state index in [1.165, 1.54) is 12.1 Å². The number of hydrogen-bond donors (Lipinski definition) is 2. The summed E-state index contributed by atoms with van der Waals surface area (Å²) in [5.74, 6) is -2.80. The number of carbonyl (C=O) groups is 5. The van der Waals surface area contributed by atoms with Crippen molar-refractivity contribution in [2.24, 2.45) is 5.92 Å². The number of benzene rings is 1. The van der Waals surface area contributed by atoms with Crippen molar-refractivity contribution in [3.05, 3.63) is 35.4 Å². The first-order chi connectivity index (χ1) is 14.8. The molecular formula is C22H27N3O6. The third-order valence-corrected chi connectivity index (χ3v) is 5.39. The summed E-state index contributed by atoms with van der Waals surface area (Å²) in [6, 6.07) is 4.60. The maximum Gasteiger partial charge on any atom is 0.329 e. The minimum Gasteiger partial charge on any atom is -0.454 e. The lowest BCUT2D eigenvalue weighted by atomic mass is 10.0. The molecule has 1 aromatic rings. The number of imide groups is 2. The number of rotatable bonds is 7. The number of amides is 5. The molecule has 3 rings (SSSR count). The molecule has 0 spiro atoms. The summed E-state index contributed by atoms with van der Waals surface area (Å²) in [7, 11) is 0. The Balaban J connectivity index is 1.60. The summed E-state index contributed by atoms with van der Waals surface area (Å²) in [6.45, 7) is 3.01. The van der Waals surface area contributed by atoms with E-state index in [4.69, 9.17) is 4.74 Å². The Morgan fingerprint density at radius 3 is 2.19 bits per heavy atom. The van der Waals surface area contributed by atoms with Crippen LogP contribution in [-0.2, 0) is 14.3 Å². The number of hydrogen-bond acceptors (Lipinski definition) is 6. The molecule has 2 N–H and O–H groups in total. The van der Waals surface area contributed by atoms with Gasteiger partial charge in [-0.15, -0.1) is 0 Å². The first-order valence-electron chi connectivity index (χ1n) is 10.5. The van der Waals surface area contributed by atoms with Gasteiger partial charge in [0.2, 0.25) is 0 Å². The number of ether oxygens (including phenoxy) is 1. The predicted molar refractivity (Wildman–Crippen MR) is 110 cm³/mol. The summed E-state index contributed by atoms with van der Waals surface area (Å²) in [4.78, 5) is 63.0. The molecule has 1 atom stereocenters. The Kier molecular flexibility index (Phi) is 7.04. The third-order valence-electron chi connectivity index (χ3n) is 5.39. The molecule has 0 saturated heterocycles. The Hall–Kier alpha value is -3.23. The second-order valence-corrected chi connectivity index (χ2v) is 8.28. The van der Waals surface area contributed by atoms with Crippen LogP contribution in [0.4, 0.5) is 4.79 Å². The molecule has 0 bridgehead atoms. The van der Waals surface area contributed by atoms with E-state index < -0.39 is 42.4 Å². The topological polar surface area (TPSA) is 122 Å². The molecule has 166 valence electrons. The Labute approximate surface area is 180 Å². The second kappa shape index (κ2) is 9.72. The molecule has 9 nitrogen and oxygen atoms in total. The fourth-order valence-electron chi connectivity index (χ4n) is 3.93. The predicted octanol–water partition coefficient (Wildman–Crippen LogP) is 2.01. The van der Waals surface area contributed by atoms with Crippen LogP contribution in [0.15, 0.2) is 24.3 Å². The van der Waals surface area contributed by atoms with Crippen molar-refractivity contribution in [1.29, 1.82) is 0 Å². The van der Waals surface area contributed by atoms with Crippen molar-refractivity contribution in [2.45, 2.75) is 58.0 Å². The molecule has 1 fully saturated rings. The molecule has 0 radical (unpaired) electrons. The van der Waals surface area contributed by atoms with E-state index in [1.807, 2.05) is 13.8 Å². The van der Waals surface area contributed by atoms with E-state index in [0.717, 1.165) is 30.6 Å². The molecular weight excluding hydrogens is 402 g/mol. The summed E-state index contributed by atoms with van der Waals surface area (Å²) < 4.78 is 5.07. The minimum atomic E-state index is -1.16. The van der Waals surface area contributed by atoms with E-state index in [2.05, 4.69) is 10.6 Å². The van der Waals surface area contributed by atoms with Gasteiger partial charge in [-0.1, -0.05) is 38.8 Å². The van der Waals surface area contributed by atoms with E-state index in [-0.39, 0.29) is 29.5 Å². The van der Waals surface area contributed by atoms with E-state index in [9.17, 15) is 24.0 Å². The van der Waals surface area contributed by atoms with E-state index in [0.29, 0.717) is 0 Å². The smallest absolute Gasteiger partial charge is 0.329 e. The fourth-order valence-corrected chi connectivity index (χ4v) is 3.93. The summed E-state index contributed by atoms with van der Waals surface area (Å²) in [5, 5.41) is 4.83. The average molecular weight is 429 g/mol. The van der Waals surface area contributed by atoms with Crippen LogP contribution in [0.3, 0.4) is 0 Å². The maximum absolute atomic E-state index is 12.7. The molecule has 1 saturated carbocycles. The van der Waals surface area contributed by atoms with Crippen molar-refractivity contribution < 1.29 is 28.7 Å². The van der Waals surface area contributed by atoms with Gasteiger partial charge in [0.15, 0.2) is 6.61 Å². The lowest BCUT2D eigenvalue weighted by Crippen LogP contribution is -2.48. The van der Waals surface area contributed by atoms with Crippen LogP contribution in [-0.4, -0.2) is 53.3 Å². The minimum absolute atomic E-state index is 0.0205. The zero-order valence-corrected chi connectivity index (χ0v) is 17.7. The Bertz CT molecular complexity index is 856. The SMILES string of the molecule is CC(C)CC(C(=O)OCC(=O)NC(=O)NC1CCCC1)N1C(=O)c2ccccc2C1=O. The second-order valence-electron chi connectivity index (χ2n) is 8.28. The van der Waals surface area contributed by atoms with Crippen LogP contribution in [0.2, 0.25) is 0 Å². The van der Waals surface area contributed by atoms with Crippen LogP contribution in [0, 0.1) is 5.92 Å². The van der Waals surface area contributed by atoms with Gasteiger partial charge in [0.1, 0.15) is 6.04 Å². The highest BCUT2D eigenvalue weighted by atomic mass is 16.5. The third kappa shape index (κ3) is 5.28. The summed E-state index contributed by atoms with van der Waals surface area (Å²) in [5.41, 5.74) is 0.464. The molecule has 0 aromatic heterocycles. The fraction of sp³-hybridized carbons (Fsp3) is 0.500. The van der Waals surface area contributed by atoms with Gasteiger partial charge in [0.25, 0.3) is 17.7 Å². The number of fused-ring (bicyclic) bond motifs is 1. The molecule has 1 aromatic carbocycles. The number of urea groups is 1. The molecule has 1 unspecified atom stereocenters. The van der Waals surface area contributed by atoms with E-state index >= 15 is 0 Å². The highest BCUT2D eigenvalue weighted by Gasteiger charge is 2.43. The monoisotopic (exact) mass is 429 g/mol. The highest BCUT2D eigenvalue weighted by molar-refractivity contribution is 6.22. The van der Waals surface area contributed by atoms with Gasteiger partial charge in [-0.25, -0.2) is 9.59 Å². The lowest BCUT2D eigenvalue weighted by molar-refractivity contribution is -0.152. The molecule has 1 heterocycles. The van der Waals surface area contributed by atoms with E-state index in [1.54, 1.807) is 12.1 Å². The molecule has 31 heavy (non-hydrogen) atoms. The van der Waals surface area contributed by atoms with Gasteiger partial charge in [-0.05, 0) is 37.3 Å². The number of nitrogens with one attached hydrogen (secondary N) is 2. The van der Waals surface area contributed by atoms with Crippen LogP contribution in [0.1, 0.15) is 66.7 Å². The van der Waals surface area contributed by atoms with Gasteiger partial charge < -0.3 is 10.1 Å². The Morgan fingerprint density at radius 2 is 1.65 bits per heavy atom. The standard InChI is InChI=1S/C22H27N3O6/c1-13(2)11-17(25-19(27)15-9-5-6-10-16(15)20(25)28)21(29)31-12-18(26)24-22(30)23-14-7-3-4-8-14/h5-6,9-10,13-14,17H,3-4,7-8,11-12H2,1-2H3,(H2,23,24,26,30). The molecule has 5 amide bonds.